The van der Waals surface area contributed by atoms with Crippen LogP contribution >= 0.6 is 23.2 Å². The summed E-state index contributed by atoms with van der Waals surface area (Å²) in [5.41, 5.74) is 4.62. The van der Waals surface area contributed by atoms with Crippen LogP contribution in [0.4, 0.5) is 0 Å². The van der Waals surface area contributed by atoms with E-state index >= 15 is 0 Å². The molecule has 2 aromatic carbocycles. The van der Waals surface area contributed by atoms with Crippen LogP contribution in [0.3, 0.4) is 0 Å². The summed E-state index contributed by atoms with van der Waals surface area (Å²) in [5.74, 6) is -0.568. The van der Waals surface area contributed by atoms with Gasteiger partial charge in [0.1, 0.15) is 0 Å². The van der Waals surface area contributed by atoms with Crippen molar-refractivity contribution in [3.8, 4) is 0 Å². The van der Waals surface area contributed by atoms with E-state index in [2.05, 4.69) is 25.0 Å². The molecule has 0 aliphatic heterocycles. The number of hydrogen-bond donors (Lipinski definition) is 4. The highest BCUT2D eigenvalue weighted by atomic mass is 35.5. The molecule has 5 aromatic rings. The average molecular weight is 482 g/mol. The van der Waals surface area contributed by atoms with Crippen LogP contribution in [0, 0.1) is 13.8 Å². The minimum Gasteiger partial charge on any atom is -0.343 e. The van der Waals surface area contributed by atoms with Crippen molar-refractivity contribution >= 4 is 34.1 Å². The van der Waals surface area contributed by atoms with Gasteiger partial charge < -0.3 is 14.8 Å². The van der Waals surface area contributed by atoms with Crippen LogP contribution in [-0.2, 0) is 6.54 Å². The number of nitrogens with zero attached hydrogens (tertiary/aromatic N) is 1. The lowest BCUT2D eigenvalue weighted by atomic mass is 9.85. The molecule has 3 aromatic heterocycles. The number of aromatic amines is 4. The van der Waals surface area contributed by atoms with Crippen LogP contribution in [0.5, 0.6) is 0 Å². The number of halogens is 2. The van der Waals surface area contributed by atoms with Crippen molar-refractivity contribution in [2.24, 2.45) is 0 Å². The van der Waals surface area contributed by atoms with Crippen LogP contribution in [0.15, 0.2) is 58.3 Å². The minimum atomic E-state index is -0.568. The minimum absolute atomic E-state index is 0.255. The summed E-state index contributed by atoms with van der Waals surface area (Å²) in [4.78, 5) is 25.7. The largest absolute Gasteiger partial charge is 0.343 e. The number of H-pyrrole nitrogens is 4. The summed E-state index contributed by atoms with van der Waals surface area (Å²) in [6, 6.07) is 13.4. The van der Waals surface area contributed by atoms with Crippen molar-refractivity contribution in [1.29, 1.82) is 0 Å². The molecule has 5 rings (SSSR count). The SMILES string of the molecule is Cc1[nH][nH]c(=O)c1C(c1c(C)[nH][nH]c1=O)c1cn(Cc2ccc(Cl)cc2Cl)c2ccccc12. The predicted molar refractivity (Wildman–Crippen MR) is 131 cm³/mol. The van der Waals surface area contributed by atoms with Crippen LogP contribution < -0.4 is 11.1 Å². The Kier molecular flexibility index (Phi) is 5.31. The van der Waals surface area contributed by atoms with Gasteiger partial charge >= 0.3 is 0 Å². The Bertz CT molecular complexity index is 1550. The molecule has 0 aliphatic rings. The van der Waals surface area contributed by atoms with Gasteiger partial charge in [-0.05, 0) is 43.2 Å². The first-order valence-electron chi connectivity index (χ1n) is 10.4. The third kappa shape index (κ3) is 3.63. The number of benzene rings is 2. The van der Waals surface area contributed by atoms with E-state index in [1.165, 1.54) is 0 Å². The van der Waals surface area contributed by atoms with Gasteiger partial charge in [0.2, 0.25) is 0 Å². The second-order valence-electron chi connectivity index (χ2n) is 8.13. The lowest BCUT2D eigenvalue weighted by Gasteiger charge is -2.15. The molecule has 168 valence electrons. The number of para-hydroxylation sites is 1. The number of fused-ring (bicyclic) bond motifs is 1. The monoisotopic (exact) mass is 481 g/mol. The van der Waals surface area contributed by atoms with Crippen molar-refractivity contribution in [2.45, 2.75) is 26.3 Å². The maximum absolute atomic E-state index is 12.8. The van der Waals surface area contributed by atoms with E-state index in [4.69, 9.17) is 23.2 Å². The molecule has 0 saturated carbocycles. The molecule has 7 nitrogen and oxygen atoms in total. The smallest absolute Gasteiger partial charge is 0.268 e. The standard InChI is InChI=1S/C24H21Cl2N5O2/c1-12-20(23(32)29-27-12)22(21-13(2)28-30-24(21)33)17-11-31(19-6-4-3-5-16(17)19)10-14-7-8-15(25)9-18(14)26/h3-9,11,22H,10H2,1-2H3,(H2,27,29,32)(H2,28,30,33). The molecular formula is C24H21Cl2N5O2. The lowest BCUT2D eigenvalue weighted by molar-refractivity contribution is 0.823. The molecule has 0 spiro atoms. The molecule has 0 radical (unpaired) electrons. The Balaban J connectivity index is 1.77. The fourth-order valence-electron chi connectivity index (χ4n) is 4.53. The van der Waals surface area contributed by atoms with Gasteiger partial charge in [-0.25, -0.2) is 0 Å². The average Bonchev–Trinajstić information content (AvgIpc) is 3.43. The summed E-state index contributed by atoms with van der Waals surface area (Å²) < 4.78 is 2.08. The fourth-order valence-corrected chi connectivity index (χ4v) is 5.00. The van der Waals surface area contributed by atoms with Gasteiger partial charge in [-0.1, -0.05) is 47.5 Å². The number of nitrogens with one attached hydrogen (secondary N) is 4. The zero-order valence-corrected chi connectivity index (χ0v) is 19.4. The van der Waals surface area contributed by atoms with Crippen LogP contribution in [0.2, 0.25) is 10.0 Å². The molecular weight excluding hydrogens is 461 g/mol. The Labute approximate surface area is 198 Å². The number of aromatic nitrogens is 5. The van der Waals surface area contributed by atoms with Gasteiger partial charge in [-0.3, -0.25) is 19.8 Å². The molecule has 4 N–H and O–H groups in total. The first-order chi connectivity index (χ1) is 15.8. The molecule has 0 saturated heterocycles. The molecule has 0 amide bonds. The maximum atomic E-state index is 12.8. The van der Waals surface area contributed by atoms with E-state index in [0.717, 1.165) is 22.0 Å². The zero-order chi connectivity index (χ0) is 23.3. The van der Waals surface area contributed by atoms with Gasteiger partial charge in [0.25, 0.3) is 11.1 Å². The first-order valence-corrected chi connectivity index (χ1v) is 11.2. The van der Waals surface area contributed by atoms with Gasteiger partial charge in [-0.15, -0.1) is 0 Å². The second-order valence-corrected chi connectivity index (χ2v) is 8.98. The zero-order valence-electron chi connectivity index (χ0n) is 17.9. The number of rotatable bonds is 5. The summed E-state index contributed by atoms with van der Waals surface area (Å²) >= 11 is 12.5. The molecule has 33 heavy (non-hydrogen) atoms. The van der Waals surface area contributed by atoms with E-state index in [9.17, 15) is 9.59 Å². The van der Waals surface area contributed by atoms with Crippen molar-refractivity contribution in [3.63, 3.8) is 0 Å². The lowest BCUT2D eigenvalue weighted by Crippen LogP contribution is -2.20. The molecule has 0 bridgehead atoms. The third-order valence-corrected chi connectivity index (χ3v) is 6.67. The summed E-state index contributed by atoms with van der Waals surface area (Å²) in [5, 5.41) is 13.2. The molecule has 0 fully saturated rings. The van der Waals surface area contributed by atoms with Gasteiger partial charge in [-0.2, -0.15) is 0 Å². The Morgan fingerprint density at radius 1 is 0.879 bits per heavy atom. The molecule has 0 atom stereocenters. The number of hydrogen-bond acceptors (Lipinski definition) is 2. The van der Waals surface area contributed by atoms with Crippen molar-refractivity contribution in [2.75, 3.05) is 0 Å². The highest BCUT2D eigenvalue weighted by Crippen LogP contribution is 2.37. The normalized spacial score (nSPS) is 11.7. The third-order valence-electron chi connectivity index (χ3n) is 6.09. The van der Waals surface area contributed by atoms with Crippen LogP contribution in [0.1, 0.15) is 39.6 Å². The summed E-state index contributed by atoms with van der Waals surface area (Å²) in [7, 11) is 0. The van der Waals surface area contributed by atoms with Crippen molar-refractivity contribution in [3.05, 3.63) is 113 Å². The van der Waals surface area contributed by atoms with E-state index in [0.29, 0.717) is 39.1 Å². The summed E-state index contributed by atoms with van der Waals surface area (Å²) in [6.45, 7) is 4.15. The Hall–Kier alpha value is -3.42. The quantitative estimate of drug-likeness (QED) is 0.289. The molecule has 0 unspecified atom stereocenters. The van der Waals surface area contributed by atoms with E-state index in [1.54, 1.807) is 6.07 Å². The van der Waals surface area contributed by atoms with Crippen molar-refractivity contribution in [1.82, 2.24) is 25.0 Å². The molecule has 3 heterocycles. The predicted octanol–water partition coefficient (Wildman–Crippen LogP) is 4.83. The maximum Gasteiger partial charge on any atom is 0.268 e. The van der Waals surface area contributed by atoms with Crippen LogP contribution in [0.25, 0.3) is 10.9 Å². The first kappa shape index (κ1) is 21.4. The van der Waals surface area contributed by atoms with Gasteiger partial charge in [0.05, 0.1) is 17.0 Å². The van der Waals surface area contributed by atoms with Crippen LogP contribution in [-0.4, -0.2) is 25.0 Å². The van der Waals surface area contributed by atoms with E-state index in [1.807, 2.05) is 56.4 Å². The Morgan fingerprint density at radius 3 is 2.09 bits per heavy atom. The van der Waals surface area contributed by atoms with E-state index in [-0.39, 0.29) is 11.1 Å². The van der Waals surface area contributed by atoms with Gasteiger partial charge in [0.15, 0.2) is 0 Å². The topological polar surface area (TPSA) is 102 Å². The molecule has 9 heteroatoms. The Morgan fingerprint density at radius 2 is 1.52 bits per heavy atom. The fraction of sp³-hybridized carbons (Fsp3) is 0.167. The van der Waals surface area contributed by atoms with Crippen molar-refractivity contribution < 1.29 is 0 Å². The van der Waals surface area contributed by atoms with Gasteiger partial charge in [0, 0.05) is 45.1 Å². The summed E-state index contributed by atoms with van der Waals surface area (Å²) in [6.07, 6.45) is 2.00. The highest BCUT2D eigenvalue weighted by molar-refractivity contribution is 6.35. The second kappa shape index (κ2) is 8.17. The highest BCUT2D eigenvalue weighted by Gasteiger charge is 2.30. The van der Waals surface area contributed by atoms with E-state index < -0.39 is 5.92 Å². The molecule has 0 aliphatic carbocycles. The number of aryl methyl sites for hydroxylation is 2.